The first-order chi connectivity index (χ1) is 12.5. The third-order valence-electron chi connectivity index (χ3n) is 5.45. The molecule has 0 amide bonds. The summed E-state index contributed by atoms with van der Waals surface area (Å²) in [6.07, 6.45) is 2.41. The molecule has 0 nitrogen and oxygen atoms in total. The quantitative estimate of drug-likeness (QED) is 0.414. The second kappa shape index (κ2) is 7.81. The van der Waals surface area contributed by atoms with Crippen molar-refractivity contribution >= 4 is 23.1 Å². The van der Waals surface area contributed by atoms with Crippen molar-refractivity contribution in [1.29, 1.82) is 0 Å². The van der Waals surface area contributed by atoms with Crippen LogP contribution in [-0.4, -0.2) is 0 Å². The number of hydrogen-bond donors (Lipinski definition) is 0. The summed E-state index contributed by atoms with van der Waals surface area (Å²) in [5, 5.41) is 0. The molecule has 143 valence electrons. The van der Waals surface area contributed by atoms with Crippen molar-refractivity contribution in [2.45, 2.75) is 58.0 Å². The predicted octanol–water partition coefficient (Wildman–Crippen LogP) is 8.50. The molecule has 0 aromatic heterocycles. The molecule has 1 aliphatic carbocycles. The van der Waals surface area contributed by atoms with Crippen molar-refractivity contribution < 1.29 is 19.4 Å². The van der Waals surface area contributed by atoms with Gasteiger partial charge in [-0.25, -0.2) is 0 Å². The summed E-state index contributed by atoms with van der Waals surface area (Å²) >= 11 is -2.53. The molecule has 0 saturated carbocycles. The van der Waals surface area contributed by atoms with Gasteiger partial charge in [0, 0.05) is 0 Å². The molecule has 3 heteroatoms. The van der Waals surface area contributed by atoms with Gasteiger partial charge in [0.15, 0.2) is 0 Å². The number of fused-ring (bicyclic) bond motifs is 1. The molecule has 1 aliphatic rings. The van der Waals surface area contributed by atoms with E-state index in [1.165, 1.54) is 44.5 Å². The average Bonchev–Trinajstić information content (AvgIpc) is 2.92. The van der Waals surface area contributed by atoms with Crippen LogP contribution in [0.5, 0.6) is 0 Å². The second-order valence-electron chi connectivity index (χ2n) is 9.14. The summed E-state index contributed by atoms with van der Waals surface area (Å²) in [7, 11) is 13.4. The van der Waals surface area contributed by atoms with Gasteiger partial charge in [-0.05, 0) is 0 Å². The van der Waals surface area contributed by atoms with Gasteiger partial charge >= 0.3 is 181 Å². The van der Waals surface area contributed by atoms with Crippen molar-refractivity contribution in [2.75, 3.05) is 0 Å². The van der Waals surface area contributed by atoms with Crippen molar-refractivity contribution in [3.8, 4) is 11.1 Å². The standard InChI is InChI=1S/C24H29.2ClH.Zr/c1-15(2)21-9-8-18-13-20(24(5,6)7)14-22(18)23(21)19-11-16(3)10-17(4)12-19;;;/h8-15H,1-7H3;2*1H;/q;;;+2/p-2. The number of hydrogen-bond acceptors (Lipinski definition) is 0. The van der Waals surface area contributed by atoms with Crippen molar-refractivity contribution in [3.05, 3.63) is 63.7 Å². The SMILES string of the molecule is Cc1cc(C)cc(-c2c(C(C)C)ccc3c2C=C(C(C)(C)C)[CH]3[Zr]([Cl])[Cl])c1. The van der Waals surface area contributed by atoms with Crippen molar-refractivity contribution in [1.82, 2.24) is 0 Å². The number of aryl methyl sites for hydroxylation is 2. The monoisotopic (exact) mass is 477 g/mol. The van der Waals surface area contributed by atoms with E-state index in [1.54, 1.807) is 0 Å². The first-order valence-electron chi connectivity index (χ1n) is 9.66. The normalized spacial score (nSPS) is 16.5. The molecule has 0 N–H and O–H groups in total. The van der Waals surface area contributed by atoms with Crippen LogP contribution in [0.1, 0.15) is 72.0 Å². The molecule has 0 saturated heterocycles. The van der Waals surface area contributed by atoms with Crippen molar-refractivity contribution in [2.24, 2.45) is 5.41 Å². The van der Waals surface area contributed by atoms with Gasteiger partial charge in [0.25, 0.3) is 0 Å². The number of allylic oxidation sites excluding steroid dienone is 1. The van der Waals surface area contributed by atoms with E-state index in [9.17, 15) is 0 Å². The Labute approximate surface area is 179 Å². The fraction of sp³-hybridized carbons (Fsp3) is 0.417. The van der Waals surface area contributed by atoms with Crippen molar-refractivity contribution in [3.63, 3.8) is 0 Å². The molecule has 1 unspecified atom stereocenters. The minimum atomic E-state index is -2.53. The van der Waals surface area contributed by atoms with E-state index in [4.69, 9.17) is 17.0 Å². The van der Waals surface area contributed by atoms with Crippen LogP contribution in [-0.2, 0) is 19.4 Å². The van der Waals surface area contributed by atoms with Gasteiger partial charge in [0.05, 0.1) is 0 Å². The van der Waals surface area contributed by atoms with E-state index in [0.717, 1.165) is 0 Å². The number of rotatable bonds is 3. The predicted molar refractivity (Wildman–Crippen MR) is 117 cm³/mol. The molecular formula is C24H29Cl2Zr. The molecule has 0 bridgehead atoms. The van der Waals surface area contributed by atoms with Crippen LogP contribution < -0.4 is 0 Å². The molecule has 0 heterocycles. The zero-order chi connectivity index (χ0) is 20.1. The third kappa shape index (κ3) is 4.17. The zero-order valence-corrected chi connectivity index (χ0v) is 21.3. The van der Waals surface area contributed by atoms with E-state index in [-0.39, 0.29) is 9.04 Å². The van der Waals surface area contributed by atoms with Gasteiger partial charge in [-0.3, -0.25) is 0 Å². The summed E-state index contributed by atoms with van der Waals surface area (Å²) in [5.41, 5.74) is 10.9. The van der Waals surface area contributed by atoms with Gasteiger partial charge in [-0.15, -0.1) is 0 Å². The molecule has 2 aromatic rings. The first-order valence-corrected chi connectivity index (χ1v) is 17.4. The van der Waals surface area contributed by atoms with Crippen LogP contribution in [0.15, 0.2) is 35.9 Å². The average molecular weight is 480 g/mol. The molecule has 2 aromatic carbocycles. The Morgan fingerprint density at radius 1 is 0.963 bits per heavy atom. The van der Waals surface area contributed by atoms with E-state index in [2.05, 4.69) is 84.9 Å². The first kappa shape index (κ1) is 21.4. The molecular weight excluding hydrogens is 450 g/mol. The minimum absolute atomic E-state index is 0.0665. The maximum atomic E-state index is 6.68. The zero-order valence-electron chi connectivity index (χ0n) is 17.4. The Kier molecular flexibility index (Phi) is 6.18. The fourth-order valence-corrected chi connectivity index (χ4v) is 10.1. The van der Waals surface area contributed by atoms with Crippen LogP contribution in [0.25, 0.3) is 17.2 Å². The van der Waals surface area contributed by atoms with Crippen LogP contribution in [0.4, 0.5) is 0 Å². The summed E-state index contributed by atoms with van der Waals surface area (Å²) in [6.45, 7) is 15.7. The van der Waals surface area contributed by atoms with Gasteiger partial charge in [0.2, 0.25) is 0 Å². The number of benzene rings is 2. The van der Waals surface area contributed by atoms with Crippen LogP contribution >= 0.6 is 17.0 Å². The Morgan fingerprint density at radius 3 is 2.04 bits per heavy atom. The van der Waals surface area contributed by atoms with Crippen LogP contribution in [0, 0.1) is 19.3 Å². The summed E-state index contributed by atoms with van der Waals surface area (Å²) in [4.78, 5) is 0. The Hall–Kier alpha value is -0.357. The molecule has 0 spiro atoms. The van der Waals surface area contributed by atoms with Crippen LogP contribution in [0.3, 0.4) is 0 Å². The molecule has 3 rings (SSSR count). The fourth-order valence-electron chi connectivity index (χ4n) is 4.27. The maximum absolute atomic E-state index is 6.68. The Balaban J connectivity index is 2.36. The molecule has 27 heavy (non-hydrogen) atoms. The third-order valence-corrected chi connectivity index (χ3v) is 10.6. The van der Waals surface area contributed by atoms with Gasteiger partial charge in [-0.2, -0.15) is 0 Å². The van der Waals surface area contributed by atoms with Gasteiger partial charge < -0.3 is 0 Å². The van der Waals surface area contributed by atoms with Gasteiger partial charge in [-0.1, -0.05) is 0 Å². The van der Waals surface area contributed by atoms with E-state index < -0.39 is 19.4 Å². The summed E-state index contributed by atoms with van der Waals surface area (Å²) < 4.78 is 0.247. The molecule has 0 radical (unpaired) electrons. The Bertz CT molecular complexity index is 881. The number of halogens is 2. The van der Waals surface area contributed by atoms with E-state index >= 15 is 0 Å². The molecule has 1 atom stereocenters. The second-order valence-corrected chi connectivity index (χ2v) is 17.9. The topological polar surface area (TPSA) is 0 Å². The van der Waals surface area contributed by atoms with E-state index in [0.29, 0.717) is 5.92 Å². The summed E-state index contributed by atoms with van der Waals surface area (Å²) in [6, 6.07) is 11.5. The Morgan fingerprint density at radius 2 is 1.56 bits per heavy atom. The summed E-state index contributed by atoms with van der Waals surface area (Å²) in [5.74, 6) is 0.460. The van der Waals surface area contributed by atoms with Crippen LogP contribution in [0.2, 0.25) is 0 Å². The molecule has 0 fully saturated rings. The van der Waals surface area contributed by atoms with E-state index in [1.807, 2.05) is 0 Å². The molecule has 0 aliphatic heterocycles. The van der Waals surface area contributed by atoms with Gasteiger partial charge in [0.1, 0.15) is 0 Å².